The molecule has 2 heterocycles. The molecule has 2 aromatic rings. The summed E-state index contributed by atoms with van der Waals surface area (Å²) in [4.78, 5) is 13.2. The summed E-state index contributed by atoms with van der Waals surface area (Å²) in [6, 6.07) is 4.15. The monoisotopic (exact) mass is 323 g/mol. The molecule has 0 unspecified atom stereocenters. The van der Waals surface area contributed by atoms with Crippen molar-refractivity contribution in [2.75, 3.05) is 7.11 Å². The van der Waals surface area contributed by atoms with Crippen molar-refractivity contribution in [2.24, 2.45) is 4.99 Å². The second-order valence-corrected chi connectivity index (χ2v) is 6.57. The zero-order valence-corrected chi connectivity index (χ0v) is 14.2. The van der Waals surface area contributed by atoms with Gasteiger partial charge >= 0.3 is 0 Å². The van der Waals surface area contributed by atoms with Gasteiger partial charge in [-0.15, -0.1) is 0 Å². The van der Waals surface area contributed by atoms with Crippen molar-refractivity contribution in [3.05, 3.63) is 42.0 Å². The standard InChI is InChI=1S/C19H21N3O2/c1-12-19(22-13(2)24-12)7-6-16-15(14-9-20-11-21-10-14)4-5-18(23-3)17(16)8-19/h4-5,9-12H,6-8H2,1-3H3/t12-,19+/m1/s1. The predicted molar refractivity (Wildman–Crippen MR) is 92.4 cm³/mol. The largest absolute Gasteiger partial charge is 0.496 e. The van der Waals surface area contributed by atoms with E-state index in [1.807, 2.05) is 25.4 Å². The van der Waals surface area contributed by atoms with Gasteiger partial charge in [0.05, 0.1) is 7.11 Å². The van der Waals surface area contributed by atoms with E-state index >= 15 is 0 Å². The molecule has 0 amide bonds. The van der Waals surface area contributed by atoms with Crippen molar-refractivity contribution in [3.63, 3.8) is 0 Å². The molecular formula is C19H21N3O2. The van der Waals surface area contributed by atoms with Crippen molar-refractivity contribution in [3.8, 4) is 16.9 Å². The molecule has 0 fully saturated rings. The van der Waals surface area contributed by atoms with Crippen LogP contribution in [0.25, 0.3) is 11.1 Å². The number of nitrogens with zero attached hydrogens (tertiary/aromatic N) is 3. The van der Waals surface area contributed by atoms with Crippen molar-refractivity contribution in [2.45, 2.75) is 44.8 Å². The molecule has 1 spiro atoms. The van der Waals surface area contributed by atoms with Crippen molar-refractivity contribution in [1.82, 2.24) is 9.97 Å². The number of aliphatic imine (C=N–C) groups is 1. The van der Waals surface area contributed by atoms with E-state index in [0.717, 1.165) is 36.5 Å². The van der Waals surface area contributed by atoms with Crippen molar-refractivity contribution >= 4 is 5.90 Å². The number of fused-ring (bicyclic) bond motifs is 1. The van der Waals surface area contributed by atoms with Crippen LogP contribution in [0.1, 0.15) is 31.4 Å². The number of hydrogen-bond acceptors (Lipinski definition) is 5. The Balaban J connectivity index is 1.83. The summed E-state index contributed by atoms with van der Waals surface area (Å²) in [5.74, 6) is 1.72. The van der Waals surface area contributed by atoms with Gasteiger partial charge in [-0.25, -0.2) is 15.0 Å². The van der Waals surface area contributed by atoms with Crippen LogP contribution >= 0.6 is 0 Å². The molecular weight excluding hydrogens is 302 g/mol. The minimum Gasteiger partial charge on any atom is -0.496 e. The van der Waals surface area contributed by atoms with Crippen LogP contribution in [0, 0.1) is 0 Å². The van der Waals surface area contributed by atoms with Crippen LogP contribution in [0.15, 0.2) is 35.8 Å². The molecule has 124 valence electrons. The molecule has 0 bridgehead atoms. The zero-order valence-electron chi connectivity index (χ0n) is 14.2. The van der Waals surface area contributed by atoms with Gasteiger partial charge in [0, 0.05) is 36.9 Å². The second-order valence-electron chi connectivity index (χ2n) is 6.57. The lowest BCUT2D eigenvalue weighted by Crippen LogP contribution is -2.41. The third-order valence-electron chi connectivity index (χ3n) is 5.25. The molecule has 2 atom stereocenters. The maximum atomic E-state index is 5.85. The Hall–Kier alpha value is -2.43. The van der Waals surface area contributed by atoms with Crippen LogP contribution in [0.5, 0.6) is 5.75 Å². The van der Waals surface area contributed by atoms with E-state index in [2.05, 4.69) is 23.0 Å². The SMILES string of the molecule is COc1ccc(-c2cncnc2)c2c1C[C@]1(CC2)N=C(C)O[C@@H]1C. The Kier molecular flexibility index (Phi) is 3.52. The van der Waals surface area contributed by atoms with Gasteiger partial charge in [-0.2, -0.15) is 0 Å². The summed E-state index contributed by atoms with van der Waals surface area (Å²) in [5, 5.41) is 0. The molecule has 5 nitrogen and oxygen atoms in total. The van der Waals surface area contributed by atoms with Gasteiger partial charge < -0.3 is 9.47 Å². The molecule has 4 rings (SSSR count). The molecule has 0 saturated heterocycles. The highest BCUT2D eigenvalue weighted by Crippen LogP contribution is 2.44. The fraction of sp³-hybridized carbons (Fsp3) is 0.421. The minimum absolute atomic E-state index is 0.0964. The van der Waals surface area contributed by atoms with Crippen LogP contribution in [-0.2, 0) is 17.6 Å². The molecule has 5 heteroatoms. The normalized spacial score (nSPS) is 25.1. The molecule has 0 saturated carbocycles. The fourth-order valence-electron chi connectivity index (χ4n) is 4.03. The molecule has 0 N–H and O–H groups in total. The van der Waals surface area contributed by atoms with Gasteiger partial charge in [0.2, 0.25) is 0 Å². The van der Waals surface area contributed by atoms with Crippen molar-refractivity contribution in [1.29, 1.82) is 0 Å². The number of aromatic nitrogens is 2. The lowest BCUT2D eigenvalue weighted by atomic mass is 9.73. The summed E-state index contributed by atoms with van der Waals surface area (Å²) >= 11 is 0. The summed E-state index contributed by atoms with van der Waals surface area (Å²) in [6.45, 7) is 4.06. The van der Waals surface area contributed by atoms with E-state index < -0.39 is 0 Å². The Labute approximate surface area is 141 Å². The van der Waals surface area contributed by atoms with Crippen LogP contribution in [0.2, 0.25) is 0 Å². The third kappa shape index (κ3) is 2.27. The number of benzene rings is 1. The van der Waals surface area contributed by atoms with E-state index in [-0.39, 0.29) is 11.6 Å². The van der Waals surface area contributed by atoms with Crippen LogP contribution in [-0.4, -0.2) is 34.6 Å². The molecule has 1 aromatic carbocycles. The number of rotatable bonds is 2. The molecule has 1 aromatic heterocycles. The Morgan fingerprint density at radius 3 is 2.67 bits per heavy atom. The first-order valence-corrected chi connectivity index (χ1v) is 8.30. The van der Waals surface area contributed by atoms with E-state index in [1.54, 1.807) is 13.4 Å². The van der Waals surface area contributed by atoms with E-state index in [0.29, 0.717) is 0 Å². The lowest BCUT2D eigenvalue weighted by molar-refractivity contribution is 0.140. The van der Waals surface area contributed by atoms with E-state index in [9.17, 15) is 0 Å². The number of hydrogen-bond donors (Lipinski definition) is 0. The highest BCUT2D eigenvalue weighted by Gasteiger charge is 2.45. The fourth-order valence-corrected chi connectivity index (χ4v) is 4.03. The highest BCUT2D eigenvalue weighted by atomic mass is 16.5. The summed E-state index contributed by atoms with van der Waals surface area (Å²) < 4.78 is 11.5. The summed E-state index contributed by atoms with van der Waals surface area (Å²) in [7, 11) is 1.73. The molecule has 1 aliphatic heterocycles. The van der Waals surface area contributed by atoms with Crippen molar-refractivity contribution < 1.29 is 9.47 Å². The molecule has 1 aliphatic carbocycles. The highest BCUT2D eigenvalue weighted by molar-refractivity contribution is 5.76. The maximum Gasteiger partial charge on any atom is 0.181 e. The number of methoxy groups -OCH3 is 1. The van der Waals surface area contributed by atoms with Gasteiger partial charge in [-0.05, 0) is 37.0 Å². The van der Waals surface area contributed by atoms with Crippen LogP contribution in [0.3, 0.4) is 0 Å². The average molecular weight is 323 g/mol. The Morgan fingerprint density at radius 2 is 2.00 bits per heavy atom. The van der Waals surface area contributed by atoms with Gasteiger partial charge in [0.15, 0.2) is 5.90 Å². The lowest BCUT2D eigenvalue weighted by Gasteiger charge is -2.36. The first-order chi connectivity index (χ1) is 11.6. The maximum absolute atomic E-state index is 5.85. The third-order valence-corrected chi connectivity index (χ3v) is 5.25. The van der Waals surface area contributed by atoms with Crippen LogP contribution in [0.4, 0.5) is 0 Å². The van der Waals surface area contributed by atoms with Gasteiger partial charge in [-0.1, -0.05) is 6.07 Å². The average Bonchev–Trinajstić information content (AvgIpc) is 2.87. The quantitative estimate of drug-likeness (QED) is 0.851. The first-order valence-electron chi connectivity index (χ1n) is 8.30. The topological polar surface area (TPSA) is 56.6 Å². The van der Waals surface area contributed by atoms with Gasteiger partial charge in [0.1, 0.15) is 23.7 Å². The molecule has 0 radical (unpaired) electrons. The zero-order chi connectivity index (χ0) is 16.7. The van der Waals surface area contributed by atoms with E-state index in [4.69, 9.17) is 14.5 Å². The summed E-state index contributed by atoms with van der Waals surface area (Å²) in [5.41, 5.74) is 4.62. The van der Waals surface area contributed by atoms with Crippen LogP contribution < -0.4 is 4.74 Å². The predicted octanol–water partition coefficient (Wildman–Crippen LogP) is 3.22. The molecule has 24 heavy (non-hydrogen) atoms. The Bertz CT molecular complexity index is 804. The smallest absolute Gasteiger partial charge is 0.181 e. The minimum atomic E-state index is -0.170. The second kappa shape index (κ2) is 5.58. The Morgan fingerprint density at radius 1 is 1.21 bits per heavy atom. The molecule has 2 aliphatic rings. The first kappa shape index (κ1) is 15.1. The van der Waals surface area contributed by atoms with E-state index in [1.165, 1.54) is 16.7 Å². The van der Waals surface area contributed by atoms with Gasteiger partial charge in [-0.3, -0.25) is 0 Å². The number of ether oxygens (including phenoxy) is 2. The van der Waals surface area contributed by atoms with Gasteiger partial charge in [0.25, 0.3) is 0 Å². The summed E-state index contributed by atoms with van der Waals surface area (Å²) in [6.07, 6.45) is 8.15.